The Labute approximate surface area is 341 Å². The van der Waals surface area contributed by atoms with Crippen LogP contribution in [0, 0.1) is 57.2 Å². The van der Waals surface area contributed by atoms with Crippen LogP contribution in [0.3, 0.4) is 0 Å². The fraction of sp³-hybridized carbons (Fsp3) is 0.612. The van der Waals surface area contributed by atoms with Crippen molar-refractivity contribution in [3.63, 3.8) is 0 Å². The maximum atomic E-state index is 15.4. The van der Waals surface area contributed by atoms with E-state index in [9.17, 15) is 14.7 Å². The number of benzene rings is 2. The highest BCUT2D eigenvalue weighted by atomic mass is 35.5. The third-order valence-electron chi connectivity index (χ3n) is 16.3. The highest BCUT2D eigenvalue weighted by Crippen LogP contribution is 2.76. The maximum absolute atomic E-state index is 15.4. The molecule has 5 aliphatic rings. The fourth-order valence-electron chi connectivity index (χ4n) is 13.5. The van der Waals surface area contributed by atoms with Crippen LogP contribution in [0.1, 0.15) is 121 Å². The number of amides is 1. The molecule has 0 aliphatic heterocycles. The Hall–Kier alpha value is -3.22. The predicted octanol–water partition coefficient (Wildman–Crippen LogP) is 10.8. The molecule has 1 amide bonds. The molecule has 7 heteroatoms. The van der Waals surface area contributed by atoms with E-state index in [2.05, 4.69) is 78.4 Å². The van der Waals surface area contributed by atoms with Crippen LogP contribution in [0.2, 0.25) is 5.02 Å². The summed E-state index contributed by atoms with van der Waals surface area (Å²) in [5, 5.41) is 10.2. The second-order valence-electron chi connectivity index (χ2n) is 20.0. The highest BCUT2D eigenvalue weighted by molar-refractivity contribution is 6.30. The summed E-state index contributed by atoms with van der Waals surface area (Å²) in [7, 11) is 4.10. The van der Waals surface area contributed by atoms with Crippen molar-refractivity contribution in [1.29, 1.82) is 0 Å². The number of carboxylic acid groups (broad SMARTS) is 1. The summed E-state index contributed by atoms with van der Waals surface area (Å²) in [6, 6.07) is 15.4. The van der Waals surface area contributed by atoms with Crippen LogP contribution in [-0.4, -0.2) is 59.8 Å². The quantitative estimate of drug-likeness (QED) is 0.260. The number of allylic oxidation sites excluding steroid dienone is 3. The Morgan fingerprint density at radius 2 is 1.55 bits per heavy atom. The number of likely N-dealkylation sites (N-methyl/N-ethyl adjacent to an activating group) is 1. The van der Waals surface area contributed by atoms with E-state index in [1.165, 1.54) is 11.1 Å². The van der Waals surface area contributed by atoms with Crippen molar-refractivity contribution in [2.45, 2.75) is 106 Å². The lowest BCUT2D eigenvalue weighted by Gasteiger charge is -2.70. The smallest absolute Gasteiger partial charge is 0.335 e. The minimum Gasteiger partial charge on any atom is -0.478 e. The second kappa shape index (κ2) is 14.9. The molecule has 0 aromatic heterocycles. The Balaban J connectivity index is 1.26. The van der Waals surface area contributed by atoms with E-state index in [0.717, 1.165) is 68.2 Å². The summed E-state index contributed by atoms with van der Waals surface area (Å²) in [5.74, 6) is 1.60. The highest BCUT2D eigenvalue weighted by Gasteiger charge is 2.70. The van der Waals surface area contributed by atoms with Gasteiger partial charge in [-0.05, 0) is 163 Å². The van der Waals surface area contributed by atoms with E-state index in [1.807, 2.05) is 36.4 Å². The van der Waals surface area contributed by atoms with Crippen LogP contribution in [0.5, 0.6) is 0 Å². The molecule has 6 nitrogen and oxygen atoms in total. The normalized spacial score (nSPS) is 33.9. The number of rotatable bonds is 10. The zero-order valence-corrected chi connectivity index (χ0v) is 36.1. The monoisotopic (exact) mass is 780 g/mol. The van der Waals surface area contributed by atoms with Gasteiger partial charge >= 0.3 is 5.97 Å². The third kappa shape index (κ3) is 6.44. The molecule has 0 heterocycles. The first-order chi connectivity index (χ1) is 26.4. The number of nitrogens with zero attached hydrogens (tertiary/aromatic N) is 2. The number of fused-ring (bicyclic) bond motifs is 7. The van der Waals surface area contributed by atoms with Gasteiger partial charge in [0.05, 0.1) is 11.0 Å². The van der Waals surface area contributed by atoms with Crippen LogP contribution in [0.25, 0.3) is 5.57 Å². The number of ketones is 1. The average Bonchev–Trinajstić information content (AvgIpc) is 3.46. The molecule has 3 saturated carbocycles. The molecule has 2 aromatic carbocycles. The van der Waals surface area contributed by atoms with E-state index in [4.69, 9.17) is 11.6 Å². The van der Waals surface area contributed by atoms with Crippen LogP contribution in [0.4, 0.5) is 0 Å². The zero-order valence-electron chi connectivity index (χ0n) is 35.4. The minimum absolute atomic E-state index is 0.0393. The molecular weight excluding hydrogens is 716 g/mol. The fourth-order valence-corrected chi connectivity index (χ4v) is 13.6. The molecule has 0 saturated heterocycles. The van der Waals surface area contributed by atoms with Gasteiger partial charge in [0.2, 0.25) is 5.91 Å². The van der Waals surface area contributed by atoms with Gasteiger partial charge in [-0.15, -0.1) is 0 Å². The molecule has 5 aliphatic carbocycles. The summed E-state index contributed by atoms with van der Waals surface area (Å²) in [5.41, 5.74) is 5.44. The van der Waals surface area contributed by atoms with Crippen LogP contribution in [0.15, 0.2) is 65.8 Å². The average molecular weight is 782 g/mol. The van der Waals surface area contributed by atoms with Gasteiger partial charge < -0.3 is 14.9 Å². The number of carboxylic acids is 1. The number of hydrogen-bond acceptors (Lipinski definition) is 4. The Morgan fingerprint density at radius 1 is 0.875 bits per heavy atom. The standard InChI is InChI=1S/C49H65ClN2O4/c1-30(2)41-36(33-12-14-34(15-13-33)44(54)55)20-22-46(5)37(41)21-23-48(7)40(46)19-18-38-43-42(31(3)4)39(53)28-49(43,25-24-47(38,48)6)45(56)52(27-26-51(8)9)29-32-10-16-35(50)17-11-32/h10-17,20,30-31,37-38,40-41H,18-19,21-29H2,1-9H3,(H,54,55)/t37-,38+,40+,41?,46-,47+,48+,49+/m0/s1. The molecule has 0 radical (unpaired) electrons. The SMILES string of the molecule is CC(C)C1=C2[C@H]3CC[C@@H]4[C@@]5(C)CC=C(c6ccc(C(=O)O)cc6)C(C(C)C)[C@@H]5CC[C@@]4(C)[C@]3(C)CC[C@@]2(C(=O)N(CCN(C)C)Cc2ccc(Cl)cc2)CC1=O. The van der Waals surface area contributed by atoms with Gasteiger partial charge in [0.15, 0.2) is 5.78 Å². The van der Waals surface area contributed by atoms with Crippen molar-refractivity contribution in [1.82, 2.24) is 9.80 Å². The van der Waals surface area contributed by atoms with Gasteiger partial charge in [0.25, 0.3) is 0 Å². The number of hydrogen-bond donors (Lipinski definition) is 1. The lowest BCUT2D eigenvalue weighted by molar-refractivity contribution is -0.194. The summed E-state index contributed by atoms with van der Waals surface area (Å²) in [4.78, 5) is 45.7. The summed E-state index contributed by atoms with van der Waals surface area (Å²) in [6.45, 7) is 18.7. The van der Waals surface area contributed by atoms with E-state index < -0.39 is 11.4 Å². The second-order valence-corrected chi connectivity index (χ2v) is 20.4. The van der Waals surface area contributed by atoms with Crippen molar-refractivity contribution < 1.29 is 19.5 Å². The van der Waals surface area contributed by atoms with Gasteiger partial charge in [-0.3, -0.25) is 9.59 Å². The molecule has 1 unspecified atom stereocenters. The first-order valence-corrected chi connectivity index (χ1v) is 21.8. The molecule has 2 aromatic rings. The number of Topliss-reactive ketones (excluding diaryl/α,β-unsaturated/α-hetero) is 1. The third-order valence-corrected chi connectivity index (χ3v) is 16.6. The summed E-state index contributed by atoms with van der Waals surface area (Å²) >= 11 is 6.27. The van der Waals surface area contributed by atoms with E-state index in [0.29, 0.717) is 53.8 Å². The lowest BCUT2D eigenvalue weighted by atomic mass is 9.34. The Bertz CT molecular complexity index is 1930. The van der Waals surface area contributed by atoms with Gasteiger partial charge in [-0.2, -0.15) is 0 Å². The molecule has 3 fully saturated rings. The van der Waals surface area contributed by atoms with Crippen molar-refractivity contribution in [3.05, 3.63) is 87.5 Å². The molecular formula is C49H65ClN2O4. The van der Waals surface area contributed by atoms with Crippen molar-refractivity contribution in [2.75, 3.05) is 27.2 Å². The maximum Gasteiger partial charge on any atom is 0.335 e. The van der Waals surface area contributed by atoms with Crippen LogP contribution in [-0.2, 0) is 16.1 Å². The van der Waals surface area contributed by atoms with Gasteiger partial charge in [0, 0.05) is 31.1 Å². The lowest BCUT2D eigenvalue weighted by Crippen LogP contribution is -2.64. The summed E-state index contributed by atoms with van der Waals surface area (Å²) < 4.78 is 0. The molecule has 7 rings (SSSR count). The minimum atomic E-state index is -0.889. The predicted molar refractivity (Wildman–Crippen MR) is 226 cm³/mol. The largest absolute Gasteiger partial charge is 0.478 e. The van der Waals surface area contributed by atoms with Crippen LogP contribution >= 0.6 is 11.6 Å². The number of carbonyl (C=O) groups excluding carboxylic acids is 2. The summed E-state index contributed by atoms with van der Waals surface area (Å²) in [6.07, 6.45) is 9.92. The van der Waals surface area contributed by atoms with Crippen molar-refractivity contribution in [2.24, 2.45) is 57.2 Å². The van der Waals surface area contributed by atoms with Crippen LogP contribution < -0.4 is 0 Å². The topological polar surface area (TPSA) is 77.9 Å². The Kier molecular flexibility index (Phi) is 10.9. The molecule has 302 valence electrons. The van der Waals surface area contributed by atoms with Gasteiger partial charge in [-0.1, -0.05) is 90.4 Å². The number of halogens is 1. The molecule has 56 heavy (non-hydrogen) atoms. The van der Waals surface area contributed by atoms with E-state index in [-0.39, 0.29) is 39.8 Å². The first kappa shape index (κ1) is 41.0. The van der Waals surface area contributed by atoms with Crippen molar-refractivity contribution in [3.8, 4) is 0 Å². The van der Waals surface area contributed by atoms with Gasteiger partial charge in [-0.25, -0.2) is 4.79 Å². The van der Waals surface area contributed by atoms with Crippen molar-refractivity contribution >= 4 is 34.8 Å². The molecule has 0 bridgehead atoms. The zero-order chi connectivity index (χ0) is 40.5. The number of aromatic carboxylic acids is 1. The molecule has 8 atom stereocenters. The van der Waals surface area contributed by atoms with E-state index >= 15 is 4.79 Å². The molecule has 1 N–H and O–H groups in total. The number of carbonyl (C=O) groups is 3. The first-order valence-electron chi connectivity index (χ1n) is 21.4. The van der Waals surface area contributed by atoms with Gasteiger partial charge in [0.1, 0.15) is 0 Å². The van der Waals surface area contributed by atoms with E-state index in [1.54, 1.807) is 12.1 Å². The Morgan fingerprint density at radius 3 is 2.16 bits per heavy atom. The molecule has 0 spiro atoms.